The molecular weight excluding hydrogens is 332 g/mol. The normalized spacial score (nSPS) is 10.1. The number of aryl methyl sites for hydroxylation is 1. The van der Waals surface area contributed by atoms with Crippen molar-refractivity contribution in [3.05, 3.63) is 70.5 Å². The number of nitro benzene ring substituents is 1. The fourth-order valence-electron chi connectivity index (χ4n) is 2.15. The lowest BCUT2D eigenvalue weighted by Gasteiger charge is -2.04. The molecule has 3 rings (SSSR count). The van der Waals surface area contributed by atoms with Gasteiger partial charge < -0.3 is 10.5 Å². The quantitative estimate of drug-likeness (QED) is 0.411. The van der Waals surface area contributed by atoms with E-state index in [2.05, 4.69) is 9.97 Å². The van der Waals surface area contributed by atoms with Crippen LogP contribution in [0.2, 0.25) is 0 Å². The standard InChI is InChI=1S/C10H14N2O3.C9H8N2/c11-7-1-2-8-15-10-5-3-9(4-6-10)12(13)14;1-7-6-10-8-4-2-3-5-9(8)11-7/h3-6H,1-2,7-8,11H2;2-6H,1H3. The summed E-state index contributed by atoms with van der Waals surface area (Å²) >= 11 is 0. The maximum absolute atomic E-state index is 10.4. The second kappa shape index (κ2) is 10.0. The molecule has 2 aromatic carbocycles. The molecule has 0 saturated heterocycles. The minimum Gasteiger partial charge on any atom is -0.494 e. The van der Waals surface area contributed by atoms with Crippen molar-refractivity contribution in [2.45, 2.75) is 19.8 Å². The first-order valence-corrected chi connectivity index (χ1v) is 8.36. The first-order chi connectivity index (χ1) is 12.6. The number of nitrogens with two attached hydrogens (primary N) is 1. The molecule has 0 fully saturated rings. The number of non-ortho nitro benzene ring substituents is 1. The molecule has 1 aromatic heterocycles. The van der Waals surface area contributed by atoms with Gasteiger partial charge in [0.25, 0.3) is 5.69 Å². The van der Waals surface area contributed by atoms with Gasteiger partial charge in [0.1, 0.15) is 5.75 Å². The Balaban J connectivity index is 0.000000195. The Morgan fingerprint density at radius 2 is 1.77 bits per heavy atom. The topological polar surface area (TPSA) is 104 Å². The first kappa shape index (κ1) is 19.3. The number of fused-ring (bicyclic) bond motifs is 1. The Bertz CT molecular complexity index is 838. The number of para-hydroxylation sites is 2. The summed E-state index contributed by atoms with van der Waals surface area (Å²) in [5.41, 5.74) is 8.29. The molecule has 0 unspecified atom stereocenters. The molecule has 0 aliphatic rings. The van der Waals surface area contributed by atoms with E-state index >= 15 is 0 Å². The Labute approximate surface area is 152 Å². The van der Waals surface area contributed by atoms with Crippen LogP contribution in [-0.2, 0) is 0 Å². The van der Waals surface area contributed by atoms with E-state index in [0.29, 0.717) is 18.9 Å². The zero-order valence-electron chi connectivity index (χ0n) is 14.7. The minimum atomic E-state index is -0.432. The molecule has 0 amide bonds. The number of aromatic nitrogens is 2. The summed E-state index contributed by atoms with van der Waals surface area (Å²) in [5, 5.41) is 10.4. The number of unbranched alkanes of at least 4 members (excludes halogenated alkanes) is 1. The highest BCUT2D eigenvalue weighted by Crippen LogP contribution is 2.17. The van der Waals surface area contributed by atoms with Gasteiger partial charge in [-0.3, -0.25) is 15.1 Å². The van der Waals surface area contributed by atoms with Gasteiger partial charge in [0.05, 0.1) is 28.3 Å². The third-order valence-electron chi connectivity index (χ3n) is 3.48. The van der Waals surface area contributed by atoms with Gasteiger partial charge >= 0.3 is 0 Å². The zero-order valence-corrected chi connectivity index (χ0v) is 14.7. The molecular formula is C19H22N4O3. The molecule has 7 nitrogen and oxygen atoms in total. The van der Waals surface area contributed by atoms with E-state index < -0.39 is 4.92 Å². The molecule has 0 aliphatic carbocycles. The molecule has 1 heterocycles. The van der Waals surface area contributed by atoms with E-state index in [9.17, 15) is 10.1 Å². The monoisotopic (exact) mass is 354 g/mol. The van der Waals surface area contributed by atoms with E-state index in [1.807, 2.05) is 31.2 Å². The highest BCUT2D eigenvalue weighted by molar-refractivity contribution is 5.73. The summed E-state index contributed by atoms with van der Waals surface area (Å²) < 4.78 is 5.36. The van der Waals surface area contributed by atoms with Crippen molar-refractivity contribution < 1.29 is 9.66 Å². The summed E-state index contributed by atoms with van der Waals surface area (Å²) in [6.45, 7) is 3.19. The van der Waals surface area contributed by atoms with Crippen LogP contribution in [0.4, 0.5) is 5.69 Å². The molecule has 0 spiro atoms. The highest BCUT2D eigenvalue weighted by Gasteiger charge is 2.03. The van der Waals surface area contributed by atoms with Gasteiger partial charge in [0.2, 0.25) is 0 Å². The van der Waals surface area contributed by atoms with E-state index in [1.54, 1.807) is 18.3 Å². The molecule has 0 aliphatic heterocycles. The van der Waals surface area contributed by atoms with Crippen LogP contribution in [0.1, 0.15) is 18.5 Å². The molecule has 7 heteroatoms. The molecule has 2 N–H and O–H groups in total. The van der Waals surface area contributed by atoms with Crippen LogP contribution in [0.3, 0.4) is 0 Å². The molecule has 3 aromatic rings. The molecule has 26 heavy (non-hydrogen) atoms. The predicted molar refractivity (Wildman–Crippen MR) is 101 cm³/mol. The van der Waals surface area contributed by atoms with Gasteiger partial charge in [-0.15, -0.1) is 0 Å². The Hall–Kier alpha value is -3.06. The van der Waals surface area contributed by atoms with Crippen molar-refractivity contribution >= 4 is 16.7 Å². The largest absolute Gasteiger partial charge is 0.494 e. The van der Waals surface area contributed by atoms with Gasteiger partial charge in [-0.05, 0) is 50.6 Å². The molecule has 0 radical (unpaired) electrons. The van der Waals surface area contributed by atoms with Crippen LogP contribution in [0.15, 0.2) is 54.7 Å². The Kier molecular flexibility index (Phi) is 7.45. The van der Waals surface area contributed by atoms with Crippen molar-refractivity contribution in [2.75, 3.05) is 13.2 Å². The Morgan fingerprint density at radius 3 is 2.42 bits per heavy atom. The van der Waals surface area contributed by atoms with Crippen LogP contribution in [0.25, 0.3) is 11.0 Å². The van der Waals surface area contributed by atoms with Crippen molar-refractivity contribution in [1.82, 2.24) is 9.97 Å². The number of nitrogens with zero attached hydrogens (tertiary/aromatic N) is 3. The number of ether oxygens (including phenoxy) is 1. The van der Waals surface area contributed by atoms with Crippen LogP contribution < -0.4 is 10.5 Å². The lowest BCUT2D eigenvalue weighted by molar-refractivity contribution is -0.384. The van der Waals surface area contributed by atoms with Gasteiger partial charge in [-0.2, -0.15) is 0 Å². The van der Waals surface area contributed by atoms with Crippen molar-refractivity contribution in [3.8, 4) is 5.75 Å². The summed E-state index contributed by atoms with van der Waals surface area (Å²) in [7, 11) is 0. The summed E-state index contributed by atoms with van der Waals surface area (Å²) in [6, 6.07) is 13.9. The average Bonchev–Trinajstić information content (AvgIpc) is 2.66. The predicted octanol–water partition coefficient (Wildman–Crippen LogP) is 3.65. The van der Waals surface area contributed by atoms with Crippen molar-refractivity contribution in [1.29, 1.82) is 0 Å². The summed E-state index contributed by atoms with van der Waals surface area (Å²) in [5.74, 6) is 0.651. The van der Waals surface area contributed by atoms with Crippen LogP contribution in [0.5, 0.6) is 5.75 Å². The highest BCUT2D eigenvalue weighted by atomic mass is 16.6. The zero-order chi connectivity index (χ0) is 18.8. The maximum atomic E-state index is 10.4. The van der Waals surface area contributed by atoms with Crippen LogP contribution >= 0.6 is 0 Å². The third kappa shape index (κ3) is 6.10. The van der Waals surface area contributed by atoms with Crippen LogP contribution in [-0.4, -0.2) is 28.0 Å². The van der Waals surface area contributed by atoms with E-state index in [4.69, 9.17) is 10.5 Å². The fourth-order valence-corrected chi connectivity index (χ4v) is 2.15. The van der Waals surface area contributed by atoms with Gasteiger partial charge in [0.15, 0.2) is 0 Å². The second-order valence-corrected chi connectivity index (χ2v) is 5.60. The average molecular weight is 354 g/mol. The third-order valence-corrected chi connectivity index (χ3v) is 3.48. The lowest BCUT2D eigenvalue weighted by atomic mass is 10.3. The van der Waals surface area contributed by atoms with Gasteiger partial charge in [-0.1, -0.05) is 12.1 Å². The van der Waals surface area contributed by atoms with E-state index in [-0.39, 0.29) is 5.69 Å². The smallest absolute Gasteiger partial charge is 0.269 e. The summed E-state index contributed by atoms with van der Waals surface area (Å²) in [6.07, 6.45) is 3.60. The van der Waals surface area contributed by atoms with E-state index in [0.717, 1.165) is 29.6 Å². The maximum Gasteiger partial charge on any atom is 0.269 e. The number of nitro groups is 1. The van der Waals surface area contributed by atoms with Crippen molar-refractivity contribution in [2.24, 2.45) is 5.73 Å². The SMILES string of the molecule is Cc1cnc2ccccc2n1.NCCCCOc1ccc([N+](=O)[O-])cc1. The number of rotatable bonds is 6. The van der Waals surface area contributed by atoms with Gasteiger partial charge in [-0.25, -0.2) is 4.98 Å². The first-order valence-electron chi connectivity index (χ1n) is 8.36. The molecule has 0 saturated carbocycles. The minimum absolute atomic E-state index is 0.0734. The van der Waals surface area contributed by atoms with Crippen LogP contribution in [0, 0.1) is 17.0 Å². The molecule has 0 atom stereocenters. The number of hydrogen-bond acceptors (Lipinski definition) is 6. The Morgan fingerprint density at radius 1 is 1.08 bits per heavy atom. The second-order valence-electron chi connectivity index (χ2n) is 5.60. The number of benzene rings is 2. The molecule has 136 valence electrons. The van der Waals surface area contributed by atoms with Gasteiger partial charge in [0, 0.05) is 18.3 Å². The number of hydrogen-bond donors (Lipinski definition) is 1. The molecule has 0 bridgehead atoms. The lowest BCUT2D eigenvalue weighted by Crippen LogP contribution is -2.03. The van der Waals surface area contributed by atoms with Crippen molar-refractivity contribution in [3.63, 3.8) is 0 Å². The summed E-state index contributed by atoms with van der Waals surface area (Å²) in [4.78, 5) is 18.5. The van der Waals surface area contributed by atoms with E-state index in [1.165, 1.54) is 12.1 Å². The fraction of sp³-hybridized carbons (Fsp3) is 0.263.